The molecule has 1 aliphatic rings. The highest BCUT2D eigenvalue weighted by molar-refractivity contribution is 6.20. The quantitative estimate of drug-likeness (QED) is 0.409. The molecule has 5 rings (SSSR count). The molecule has 0 aliphatic heterocycles. The number of pyridine rings is 1. The van der Waals surface area contributed by atoms with Gasteiger partial charge in [-0.2, -0.15) is 0 Å². The molecule has 2 N–H and O–H groups in total. The van der Waals surface area contributed by atoms with E-state index in [1.165, 1.54) is 22.9 Å². The second kappa shape index (κ2) is 7.69. The summed E-state index contributed by atoms with van der Waals surface area (Å²) in [4.78, 5) is 17.4. The van der Waals surface area contributed by atoms with Crippen molar-refractivity contribution in [2.24, 2.45) is 0 Å². The van der Waals surface area contributed by atoms with Crippen molar-refractivity contribution in [3.05, 3.63) is 118 Å². The lowest BCUT2D eigenvalue weighted by atomic mass is 9.86. The minimum absolute atomic E-state index is 0.0280. The van der Waals surface area contributed by atoms with Gasteiger partial charge in [-0.3, -0.25) is 14.3 Å². The van der Waals surface area contributed by atoms with Gasteiger partial charge in [-0.05, 0) is 41.5 Å². The number of rotatable bonds is 3. The maximum atomic E-state index is 13.3. The minimum atomic E-state index is -0.480. The maximum Gasteiger partial charge on any atom is 0.218 e. The molecule has 0 amide bonds. The van der Waals surface area contributed by atoms with Crippen LogP contribution in [0.5, 0.6) is 11.8 Å². The lowest BCUT2D eigenvalue weighted by molar-refractivity contribution is 0.102. The van der Waals surface area contributed by atoms with E-state index in [-0.39, 0.29) is 40.9 Å². The smallest absolute Gasteiger partial charge is 0.218 e. The summed E-state index contributed by atoms with van der Waals surface area (Å²) in [5, 5.41) is 22.0. The van der Waals surface area contributed by atoms with Gasteiger partial charge in [0.1, 0.15) is 11.5 Å². The zero-order chi connectivity index (χ0) is 22.2. The Balaban J connectivity index is 1.73. The van der Waals surface area contributed by atoms with Gasteiger partial charge in [0.2, 0.25) is 17.5 Å². The van der Waals surface area contributed by atoms with Crippen molar-refractivity contribution in [1.29, 1.82) is 0 Å². The summed E-state index contributed by atoms with van der Waals surface area (Å²) in [6.07, 6.45) is 3.26. The molecule has 1 aliphatic carbocycles. The summed E-state index contributed by atoms with van der Waals surface area (Å²) in [6, 6.07) is 18.6. The van der Waals surface area contributed by atoms with Crippen LogP contribution in [0.25, 0.3) is 11.6 Å². The van der Waals surface area contributed by atoms with Crippen molar-refractivity contribution in [3.63, 3.8) is 0 Å². The van der Waals surface area contributed by atoms with Gasteiger partial charge < -0.3 is 10.2 Å². The molecule has 0 bridgehead atoms. The Morgan fingerprint density at radius 3 is 2.41 bits per heavy atom. The van der Waals surface area contributed by atoms with Crippen LogP contribution in [-0.2, 0) is 6.54 Å². The van der Waals surface area contributed by atoms with Crippen LogP contribution in [0.2, 0.25) is 0 Å². The lowest BCUT2D eigenvalue weighted by Crippen LogP contribution is -2.14. The molecule has 2 aromatic heterocycles. The molecule has 0 unspecified atom stereocenters. The third-order valence-electron chi connectivity index (χ3n) is 5.41. The van der Waals surface area contributed by atoms with Crippen LogP contribution in [0.4, 0.5) is 4.39 Å². The molecule has 2 heterocycles. The number of aromatic nitrogens is 2. The van der Waals surface area contributed by atoms with Crippen molar-refractivity contribution >= 4 is 17.4 Å². The fourth-order valence-corrected chi connectivity index (χ4v) is 3.86. The molecule has 0 radical (unpaired) electrons. The highest BCUT2D eigenvalue weighted by Gasteiger charge is 2.37. The average Bonchev–Trinajstić information content (AvgIpc) is 3.06. The Bertz CT molecular complexity index is 1410. The van der Waals surface area contributed by atoms with Crippen LogP contribution in [0.3, 0.4) is 0 Å². The fraction of sp³-hybridized carbons (Fsp3) is 0.0385. The van der Waals surface area contributed by atoms with Gasteiger partial charge in [-0.1, -0.05) is 42.5 Å². The molecule has 2 aromatic carbocycles. The third-order valence-corrected chi connectivity index (χ3v) is 5.41. The SMILES string of the molecule is O=C1c2ncccc2C(=C=Cc2ccccc2)c2c1c(O)n(Cc1ccc(F)cc1)c2O. The Hall–Kier alpha value is -4.41. The number of carbonyl (C=O) groups excluding carboxylic acids is 1. The van der Waals surface area contributed by atoms with E-state index in [1.807, 2.05) is 30.3 Å². The van der Waals surface area contributed by atoms with E-state index in [2.05, 4.69) is 10.7 Å². The van der Waals surface area contributed by atoms with E-state index in [4.69, 9.17) is 0 Å². The van der Waals surface area contributed by atoms with Gasteiger partial charge in [0.25, 0.3) is 0 Å². The first-order valence-corrected chi connectivity index (χ1v) is 9.95. The van der Waals surface area contributed by atoms with E-state index in [1.54, 1.807) is 30.3 Å². The van der Waals surface area contributed by atoms with Crippen LogP contribution in [0, 0.1) is 5.82 Å². The molecular weight excluding hydrogens is 407 g/mol. The third kappa shape index (κ3) is 3.20. The molecular formula is C26H17FN2O3. The van der Waals surface area contributed by atoms with Gasteiger partial charge in [0.15, 0.2) is 0 Å². The van der Waals surface area contributed by atoms with Gasteiger partial charge >= 0.3 is 0 Å². The van der Waals surface area contributed by atoms with Gasteiger partial charge in [0, 0.05) is 17.3 Å². The number of ketones is 1. The van der Waals surface area contributed by atoms with Crippen molar-refractivity contribution in [3.8, 4) is 11.8 Å². The van der Waals surface area contributed by atoms with Gasteiger partial charge in [0.05, 0.1) is 17.7 Å². The fourth-order valence-electron chi connectivity index (χ4n) is 3.86. The van der Waals surface area contributed by atoms with E-state index >= 15 is 0 Å². The highest BCUT2D eigenvalue weighted by atomic mass is 19.1. The summed E-state index contributed by atoms with van der Waals surface area (Å²) in [5.41, 5.74) is 6.05. The molecule has 6 heteroatoms. The Kier molecular flexibility index (Phi) is 4.70. The van der Waals surface area contributed by atoms with Crippen LogP contribution in [0.1, 0.15) is 38.3 Å². The first-order chi connectivity index (χ1) is 15.5. The van der Waals surface area contributed by atoms with Gasteiger partial charge in [-0.25, -0.2) is 4.39 Å². The zero-order valence-corrected chi connectivity index (χ0v) is 16.8. The number of fused-ring (bicyclic) bond motifs is 2. The average molecular weight is 424 g/mol. The largest absolute Gasteiger partial charge is 0.494 e. The molecule has 156 valence electrons. The summed E-state index contributed by atoms with van der Waals surface area (Å²) in [5.74, 6) is -1.51. The first kappa shape index (κ1) is 19.5. The standard InChI is InChI=1S/C26H17FN2O3/c27-18-11-8-17(9-12-18)15-29-25(31)21-19(13-10-16-5-2-1-3-6-16)20-7-4-14-28-23(20)24(30)22(21)26(29)32/h1-12,14,31-32H,15H2. The van der Waals surface area contributed by atoms with Crippen LogP contribution in [-0.4, -0.2) is 25.5 Å². The van der Waals surface area contributed by atoms with E-state index in [9.17, 15) is 19.4 Å². The summed E-state index contributed by atoms with van der Waals surface area (Å²) >= 11 is 0. The monoisotopic (exact) mass is 424 g/mol. The Morgan fingerprint density at radius 1 is 0.938 bits per heavy atom. The molecule has 0 saturated carbocycles. The highest BCUT2D eigenvalue weighted by Crippen LogP contribution is 2.45. The number of halogens is 1. The predicted octanol–water partition coefficient (Wildman–Crippen LogP) is 4.77. The number of benzene rings is 2. The number of nitrogens with zero attached hydrogens (tertiary/aromatic N) is 2. The Morgan fingerprint density at radius 2 is 1.66 bits per heavy atom. The van der Waals surface area contributed by atoms with E-state index in [0.29, 0.717) is 16.7 Å². The first-order valence-electron chi connectivity index (χ1n) is 9.95. The lowest BCUT2D eigenvalue weighted by Gasteiger charge is -2.16. The van der Waals surface area contributed by atoms with Crippen LogP contribution in [0.15, 0.2) is 78.7 Å². The Labute approximate surface area is 183 Å². The second-order valence-electron chi connectivity index (χ2n) is 7.41. The topological polar surface area (TPSA) is 75.3 Å². The molecule has 4 aromatic rings. The summed E-state index contributed by atoms with van der Waals surface area (Å²) in [6.45, 7) is 0.0533. The van der Waals surface area contributed by atoms with Crippen molar-refractivity contribution in [2.75, 3.05) is 0 Å². The van der Waals surface area contributed by atoms with Crippen molar-refractivity contribution in [1.82, 2.24) is 9.55 Å². The molecule has 0 atom stereocenters. The normalized spacial score (nSPS) is 12.2. The zero-order valence-electron chi connectivity index (χ0n) is 16.8. The van der Waals surface area contributed by atoms with Crippen molar-refractivity contribution in [2.45, 2.75) is 6.54 Å². The summed E-state index contributed by atoms with van der Waals surface area (Å²) in [7, 11) is 0. The maximum absolute atomic E-state index is 13.3. The number of carbonyl (C=O) groups is 1. The number of hydrogen-bond donors (Lipinski definition) is 2. The van der Waals surface area contributed by atoms with E-state index < -0.39 is 5.78 Å². The molecule has 0 spiro atoms. The van der Waals surface area contributed by atoms with Crippen LogP contribution >= 0.6 is 0 Å². The molecule has 0 saturated heterocycles. The predicted molar refractivity (Wildman–Crippen MR) is 118 cm³/mol. The number of hydrogen-bond acceptors (Lipinski definition) is 4. The van der Waals surface area contributed by atoms with Crippen LogP contribution < -0.4 is 0 Å². The molecule has 32 heavy (non-hydrogen) atoms. The molecule has 5 nitrogen and oxygen atoms in total. The molecule has 0 fully saturated rings. The number of aromatic hydroxyl groups is 2. The van der Waals surface area contributed by atoms with Crippen molar-refractivity contribution < 1.29 is 19.4 Å². The van der Waals surface area contributed by atoms with Gasteiger partial charge in [-0.15, -0.1) is 5.73 Å². The second-order valence-corrected chi connectivity index (χ2v) is 7.41. The minimum Gasteiger partial charge on any atom is -0.494 e. The summed E-state index contributed by atoms with van der Waals surface area (Å²) < 4.78 is 14.5. The van der Waals surface area contributed by atoms with E-state index in [0.717, 1.165) is 5.56 Å².